The van der Waals surface area contributed by atoms with E-state index >= 15 is 0 Å². The van der Waals surface area contributed by atoms with Gasteiger partial charge in [-0.25, -0.2) is 0 Å². The summed E-state index contributed by atoms with van der Waals surface area (Å²) in [5.74, 6) is 0.811. The molecule has 106 valence electrons. The Balaban J connectivity index is 2.28. The fourth-order valence-electron chi connectivity index (χ4n) is 2.38. The molecule has 0 atom stereocenters. The minimum atomic E-state index is -0.0953. The van der Waals surface area contributed by atoms with Crippen LogP contribution in [-0.2, 0) is 0 Å². The Labute approximate surface area is 121 Å². The smallest absolute Gasteiger partial charge is 0.200 e. The molecule has 4 nitrogen and oxygen atoms in total. The minimum absolute atomic E-state index is 0.0953. The molecule has 1 heterocycles. The van der Waals surface area contributed by atoms with Crippen LogP contribution in [0.2, 0.25) is 0 Å². The van der Waals surface area contributed by atoms with E-state index in [1.54, 1.807) is 43.5 Å². The third-order valence-electron chi connectivity index (χ3n) is 3.46. The molecule has 0 unspecified atom stereocenters. The van der Waals surface area contributed by atoms with Crippen molar-refractivity contribution in [2.24, 2.45) is 0 Å². The zero-order chi connectivity index (χ0) is 15.0. The Kier molecular flexibility index (Phi) is 3.14. The topological polar surface area (TPSA) is 59.7 Å². The molecule has 0 radical (unpaired) electrons. The van der Waals surface area contributed by atoms with Crippen molar-refractivity contribution in [3.8, 4) is 22.6 Å². The average Bonchev–Trinajstić information content (AvgIpc) is 2.48. The van der Waals surface area contributed by atoms with Crippen molar-refractivity contribution in [3.63, 3.8) is 0 Å². The van der Waals surface area contributed by atoms with Crippen molar-refractivity contribution < 1.29 is 14.3 Å². The average molecular weight is 282 g/mol. The highest BCUT2D eigenvalue weighted by atomic mass is 16.5. The molecular weight excluding hydrogens is 268 g/mol. The van der Waals surface area contributed by atoms with Crippen molar-refractivity contribution >= 4 is 11.0 Å². The van der Waals surface area contributed by atoms with Crippen molar-refractivity contribution in [1.29, 1.82) is 0 Å². The number of methoxy groups -OCH3 is 1. The van der Waals surface area contributed by atoms with Crippen LogP contribution in [-0.4, -0.2) is 12.2 Å². The van der Waals surface area contributed by atoms with Gasteiger partial charge in [0.1, 0.15) is 23.3 Å². The number of rotatable bonds is 2. The molecule has 1 aromatic heterocycles. The van der Waals surface area contributed by atoms with Gasteiger partial charge < -0.3 is 14.3 Å². The Hall–Kier alpha value is -2.75. The van der Waals surface area contributed by atoms with Gasteiger partial charge in [0.15, 0.2) is 0 Å². The van der Waals surface area contributed by atoms with Gasteiger partial charge in [-0.3, -0.25) is 4.79 Å². The van der Waals surface area contributed by atoms with Gasteiger partial charge in [0.2, 0.25) is 5.43 Å². The fourth-order valence-corrected chi connectivity index (χ4v) is 2.38. The second-order valence-corrected chi connectivity index (χ2v) is 4.84. The van der Waals surface area contributed by atoms with Crippen molar-refractivity contribution in [2.75, 3.05) is 7.11 Å². The predicted molar refractivity (Wildman–Crippen MR) is 80.9 cm³/mol. The number of aromatic hydroxyl groups is 1. The molecule has 0 spiro atoms. The number of hydrogen-bond donors (Lipinski definition) is 1. The highest BCUT2D eigenvalue weighted by Crippen LogP contribution is 2.26. The second kappa shape index (κ2) is 4.98. The summed E-state index contributed by atoms with van der Waals surface area (Å²) in [6.07, 6.45) is 1.44. The lowest BCUT2D eigenvalue weighted by Gasteiger charge is -2.07. The van der Waals surface area contributed by atoms with E-state index < -0.39 is 0 Å². The second-order valence-electron chi connectivity index (χ2n) is 4.84. The van der Waals surface area contributed by atoms with Crippen LogP contribution in [0.25, 0.3) is 22.1 Å². The molecule has 0 saturated heterocycles. The van der Waals surface area contributed by atoms with Crippen molar-refractivity contribution in [3.05, 3.63) is 58.4 Å². The molecular formula is C17H14O4. The Bertz CT molecular complexity index is 860. The lowest BCUT2D eigenvalue weighted by Crippen LogP contribution is -2.06. The van der Waals surface area contributed by atoms with Gasteiger partial charge in [0.25, 0.3) is 0 Å². The summed E-state index contributed by atoms with van der Waals surface area (Å²) >= 11 is 0. The number of ether oxygens (including phenoxy) is 1. The van der Waals surface area contributed by atoms with Gasteiger partial charge in [-0.2, -0.15) is 0 Å². The molecule has 21 heavy (non-hydrogen) atoms. The number of fused-ring (bicyclic) bond motifs is 1. The molecule has 0 aliphatic heterocycles. The van der Waals surface area contributed by atoms with E-state index in [-0.39, 0.29) is 11.2 Å². The van der Waals surface area contributed by atoms with E-state index in [4.69, 9.17) is 9.15 Å². The molecule has 0 bridgehead atoms. The number of hydrogen-bond acceptors (Lipinski definition) is 4. The molecule has 0 aliphatic rings. The Morgan fingerprint density at radius 3 is 2.52 bits per heavy atom. The molecule has 0 saturated carbocycles. The minimum Gasteiger partial charge on any atom is -0.508 e. The lowest BCUT2D eigenvalue weighted by atomic mass is 10.0. The maximum atomic E-state index is 12.7. The van der Waals surface area contributed by atoms with Crippen LogP contribution in [0.15, 0.2) is 51.9 Å². The molecule has 4 heteroatoms. The molecule has 0 aliphatic carbocycles. The summed E-state index contributed by atoms with van der Waals surface area (Å²) in [5.41, 5.74) is 2.38. The van der Waals surface area contributed by atoms with E-state index in [9.17, 15) is 9.90 Å². The molecule has 2 aromatic carbocycles. The first kappa shape index (κ1) is 13.2. The van der Waals surface area contributed by atoms with Crippen LogP contribution in [0.3, 0.4) is 0 Å². The van der Waals surface area contributed by atoms with Crippen LogP contribution >= 0.6 is 0 Å². The summed E-state index contributed by atoms with van der Waals surface area (Å²) in [4.78, 5) is 12.7. The molecule has 3 aromatic rings. The molecule has 0 fully saturated rings. The Morgan fingerprint density at radius 2 is 1.86 bits per heavy atom. The van der Waals surface area contributed by atoms with Crippen LogP contribution in [0.4, 0.5) is 0 Å². The number of phenolic OH excluding ortho intramolecular Hbond substituents is 1. The number of benzene rings is 2. The quantitative estimate of drug-likeness (QED) is 0.781. The Morgan fingerprint density at radius 1 is 1.14 bits per heavy atom. The molecule has 1 N–H and O–H groups in total. The lowest BCUT2D eigenvalue weighted by molar-refractivity contribution is 0.414. The number of aryl methyl sites for hydroxylation is 1. The van der Waals surface area contributed by atoms with E-state index in [0.717, 1.165) is 5.56 Å². The first-order valence-electron chi connectivity index (χ1n) is 6.49. The summed E-state index contributed by atoms with van der Waals surface area (Å²) < 4.78 is 10.8. The largest absolute Gasteiger partial charge is 0.508 e. The van der Waals surface area contributed by atoms with Gasteiger partial charge in [-0.1, -0.05) is 12.1 Å². The van der Waals surface area contributed by atoms with Gasteiger partial charge in [0.05, 0.1) is 18.1 Å². The van der Waals surface area contributed by atoms with Crippen LogP contribution in [0, 0.1) is 6.92 Å². The van der Waals surface area contributed by atoms with Gasteiger partial charge in [0, 0.05) is 6.07 Å². The van der Waals surface area contributed by atoms with E-state index in [1.165, 1.54) is 6.26 Å². The fraction of sp³-hybridized carbons (Fsp3) is 0.118. The molecule has 3 rings (SSSR count). The monoisotopic (exact) mass is 282 g/mol. The highest BCUT2D eigenvalue weighted by Gasteiger charge is 2.12. The van der Waals surface area contributed by atoms with E-state index in [2.05, 4.69) is 0 Å². The van der Waals surface area contributed by atoms with Crippen molar-refractivity contribution in [2.45, 2.75) is 6.92 Å². The van der Waals surface area contributed by atoms with Crippen molar-refractivity contribution in [1.82, 2.24) is 0 Å². The van der Waals surface area contributed by atoms with E-state index in [1.807, 2.05) is 6.92 Å². The standard InChI is InChI=1S/C17H14O4/c1-10-7-13(20-2)8-15-16(10)17(19)14(9-21-15)11-3-5-12(18)6-4-11/h3-9,18H,1-2H3. The summed E-state index contributed by atoms with van der Waals surface area (Å²) in [5, 5.41) is 9.87. The SMILES string of the molecule is COc1cc(C)c2c(=O)c(-c3ccc(O)cc3)coc2c1. The maximum Gasteiger partial charge on any atom is 0.200 e. The van der Waals surface area contributed by atoms with E-state index in [0.29, 0.717) is 27.8 Å². The zero-order valence-corrected chi connectivity index (χ0v) is 11.7. The van der Waals surface area contributed by atoms with Gasteiger partial charge >= 0.3 is 0 Å². The van der Waals surface area contributed by atoms with Crippen LogP contribution < -0.4 is 10.2 Å². The third kappa shape index (κ3) is 2.25. The third-order valence-corrected chi connectivity index (χ3v) is 3.46. The first-order chi connectivity index (χ1) is 10.1. The predicted octanol–water partition coefficient (Wildman–Crippen LogP) is 3.48. The first-order valence-corrected chi connectivity index (χ1v) is 6.49. The van der Waals surface area contributed by atoms with Gasteiger partial charge in [-0.15, -0.1) is 0 Å². The number of phenols is 1. The van der Waals surface area contributed by atoms with Crippen LogP contribution in [0.5, 0.6) is 11.5 Å². The summed E-state index contributed by atoms with van der Waals surface area (Å²) in [6, 6.07) is 9.96. The maximum absolute atomic E-state index is 12.7. The van der Waals surface area contributed by atoms with Gasteiger partial charge in [-0.05, 0) is 36.2 Å². The normalized spacial score (nSPS) is 10.8. The molecule has 0 amide bonds. The highest BCUT2D eigenvalue weighted by molar-refractivity contribution is 5.85. The summed E-state index contributed by atoms with van der Waals surface area (Å²) in [6.45, 7) is 1.85. The summed E-state index contributed by atoms with van der Waals surface area (Å²) in [7, 11) is 1.57. The zero-order valence-electron chi connectivity index (χ0n) is 11.7. The van der Waals surface area contributed by atoms with Crippen LogP contribution in [0.1, 0.15) is 5.56 Å².